The first kappa shape index (κ1) is 11.2. The summed E-state index contributed by atoms with van der Waals surface area (Å²) < 4.78 is 13.1. The quantitative estimate of drug-likeness (QED) is 0.712. The summed E-state index contributed by atoms with van der Waals surface area (Å²) in [6, 6.07) is 3.80. The summed E-state index contributed by atoms with van der Waals surface area (Å²) in [5, 5.41) is 11.9. The molecule has 0 aromatic heterocycles. The number of aliphatic hydroxyl groups is 1. The van der Waals surface area contributed by atoms with Gasteiger partial charge in [-0.1, -0.05) is 11.6 Å². The van der Waals surface area contributed by atoms with Crippen LogP contribution in [-0.2, 0) is 0 Å². The van der Waals surface area contributed by atoms with Gasteiger partial charge in [-0.2, -0.15) is 0 Å². The van der Waals surface area contributed by atoms with E-state index in [1.54, 1.807) is 0 Å². The summed E-state index contributed by atoms with van der Waals surface area (Å²) in [6.45, 7) is 0.156. The van der Waals surface area contributed by atoms with Gasteiger partial charge in [0.1, 0.15) is 5.82 Å². The van der Waals surface area contributed by atoms with Crippen molar-refractivity contribution in [2.24, 2.45) is 5.73 Å². The molecule has 5 heteroatoms. The maximum atomic E-state index is 13.1. The number of hydrogen-bond donors (Lipinski definition) is 3. The molecule has 14 heavy (non-hydrogen) atoms. The summed E-state index contributed by atoms with van der Waals surface area (Å²) in [7, 11) is 0. The molecule has 0 spiro atoms. The maximum Gasteiger partial charge on any atom is 0.146 e. The van der Waals surface area contributed by atoms with Gasteiger partial charge in [-0.25, -0.2) is 4.39 Å². The van der Waals surface area contributed by atoms with E-state index in [9.17, 15) is 4.39 Å². The highest BCUT2D eigenvalue weighted by Crippen LogP contribution is 2.19. The lowest BCUT2D eigenvalue weighted by Crippen LogP contribution is -2.32. The lowest BCUT2D eigenvalue weighted by atomic mass is 10.2. The van der Waals surface area contributed by atoms with Crippen LogP contribution in [0.15, 0.2) is 18.2 Å². The van der Waals surface area contributed by atoms with Gasteiger partial charge < -0.3 is 16.2 Å². The van der Waals surface area contributed by atoms with E-state index >= 15 is 0 Å². The SMILES string of the molecule is NC(CO)CNc1cc(Cl)ccc1F. The number of anilines is 1. The van der Waals surface area contributed by atoms with E-state index in [2.05, 4.69) is 5.32 Å². The number of aliphatic hydroxyl groups excluding tert-OH is 1. The zero-order chi connectivity index (χ0) is 10.6. The Morgan fingerprint density at radius 3 is 2.93 bits per heavy atom. The van der Waals surface area contributed by atoms with Crippen LogP contribution in [0.25, 0.3) is 0 Å². The van der Waals surface area contributed by atoms with E-state index in [0.717, 1.165) is 0 Å². The molecule has 0 aliphatic carbocycles. The molecule has 3 nitrogen and oxygen atoms in total. The smallest absolute Gasteiger partial charge is 0.146 e. The Hall–Kier alpha value is -0.840. The lowest BCUT2D eigenvalue weighted by molar-refractivity contribution is 0.270. The molecule has 0 radical (unpaired) electrons. The van der Waals surface area contributed by atoms with Gasteiger partial charge in [-0.15, -0.1) is 0 Å². The molecule has 0 aliphatic heterocycles. The minimum Gasteiger partial charge on any atom is -0.395 e. The van der Waals surface area contributed by atoms with Crippen molar-refractivity contribution < 1.29 is 9.50 Å². The van der Waals surface area contributed by atoms with Crippen LogP contribution < -0.4 is 11.1 Å². The zero-order valence-corrected chi connectivity index (χ0v) is 8.26. The van der Waals surface area contributed by atoms with Crippen LogP contribution >= 0.6 is 11.6 Å². The summed E-state index contributed by atoms with van der Waals surface area (Å²) in [6.07, 6.45) is 0. The standard InChI is InChI=1S/C9H12ClFN2O/c10-6-1-2-8(11)9(3-6)13-4-7(12)5-14/h1-3,7,13-14H,4-5,12H2. The lowest BCUT2D eigenvalue weighted by Gasteiger charge is -2.11. The molecule has 0 bridgehead atoms. The first-order chi connectivity index (χ1) is 6.63. The molecule has 0 heterocycles. The van der Waals surface area contributed by atoms with Crippen molar-refractivity contribution in [1.82, 2.24) is 0 Å². The molecule has 0 aliphatic rings. The van der Waals surface area contributed by atoms with Gasteiger partial charge in [0.15, 0.2) is 0 Å². The molecule has 0 amide bonds. The number of halogens is 2. The van der Waals surface area contributed by atoms with Crippen LogP contribution in [0, 0.1) is 5.82 Å². The predicted octanol–water partition coefficient (Wildman–Crippen LogP) is 1.21. The third-order valence-electron chi connectivity index (χ3n) is 1.72. The molecule has 0 saturated carbocycles. The van der Waals surface area contributed by atoms with Crippen molar-refractivity contribution >= 4 is 17.3 Å². The second-order valence-corrected chi connectivity index (χ2v) is 3.38. The minimum absolute atomic E-state index is 0.144. The topological polar surface area (TPSA) is 58.3 Å². The van der Waals surface area contributed by atoms with Gasteiger partial charge in [-0.05, 0) is 18.2 Å². The van der Waals surface area contributed by atoms with Crippen molar-refractivity contribution in [2.45, 2.75) is 6.04 Å². The fourth-order valence-corrected chi connectivity index (χ4v) is 1.11. The number of hydrogen-bond acceptors (Lipinski definition) is 3. The second kappa shape index (κ2) is 5.14. The molecule has 0 fully saturated rings. The summed E-state index contributed by atoms with van der Waals surface area (Å²) in [5.41, 5.74) is 5.73. The van der Waals surface area contributed by atoms with Gasteiger partial charge in [0.25, 0.3) is 0 Å². The number of benzene rings is 1. The van der Waals surface area contributed by atoms with Gasteiger partial charge in [-0.3, -0.25) is 0 Å². The maximum absolute atomic E-state index is 13.1. The van der Waals surface area contributed by atoms with Crippen molar-refractivity contribution in [3.8, 4) is 0 Å². The monoisotopic (exact) mass is 218 g/mol. The molecule has 1 rings (SSSR count). The number of nitrogens with one attached hydrogen (secondary N) is 1. The Morgan fingerprint density at radius 2 is 2.29 bits per heavy atom. The van der Waals surface area contributed by atoms with Crippen LogP contribution in [0.5, 0.6) is 0 Å². The Kier molecular flexibility index (Phi) is 4.13. The fraction of sp³-hybridized carbons (Fsp3) is 0.333. The predicted molar refractivity (Wildman–Crippen MR) is 55.0 cm³/mol. The normalized spacial score (nSPS) is 12.6. The van der Waals surface area contributed by atoms with E-state index in [1.165, 1.54) is 18.2 Å². The van der Waals surface area contributed by atoms with Crippen LogP contribution in [0.2, 0.25) is 5.02 Å². The molecule has 1 aromatic rings. The molecular formula is C9H12ClFN2O. The second-order valence-electron chi connectivity index (χ2n) is 2.95. The Morgan fingerprint density at radius 1 is 1.57 bits per heavy atom. The van der Waals surface area contributed by atoms with Crippen LogP contribution in [0.3, 0.4) is 0 Å². The molecule has 78 valence electrons. The first-order valence-corrected chi connectivity index (χ1v) is 4.56. The van der Waals surface area contributed by atoms with Crippen molar-refractivity contribution in [2.75, 3.05) is 18.5 Å². The van der Waals surface area contributed by atoms with E-state index < -0.39 is 6.04 Å². The number of rotatable bonds is 4. The molecule has 1 unspecified atom stereocenters. The Labute approximate surface area is 86.7 Å². The van der Waals surface area contributed by atoms with Gasteiger partial charge >= 0.3 is 0 Å². The highest BCUT2D eigenvalue weighted by molar-refractivity contribution is 6.30. The Balaban J connectivity index is 2.62. The zero-order valence-electron chi connectivity index (χ0n) is 7.50. The molecular weight excluding hydrogens is 207 g/mol. The third-order valence-corrected chi connectivity index (χ3v) is 1.95. The average molecular weight is 219 g/mol. The average Bonchev–Trinajstić information content (AvgIpc) is 2.19. The first-order valence-electron chi connectivity index (χ1n) is 4.19. The van der Waals surface area contributed by atoms with Gasteiger partial charge in [0, 0.05) is 17.6 Å². The molecule has 4 N–H and O–H groups in total. The summed E-state index contributed by atoms with van der Waals surface area (Å²) in [5.74, 6) is -0.389. The highest BCUT2D eigenvalue weighted by Gasteiger charge is 2.04. The fourth-order valence-electron chi connectivity index (χ4n) is 0.939. The number of nitrogens with two attached hydrogens (primary N) is 1. The largest absolute Gasteiger partial charge is 0.395 e. The minimum atomic E-state index is -0.409. The Bertz CT molecular complexity index is 309. The molecule has 1 aromatic carbocycles. The van der Waals surface area contributed by atoms with Gasteiger partial charge in [0.2, 0.25) is 0 Å². The van der Waals surface area contributed by atoms with E-state index in [4.69, 9.17) is 22.4 Å². The van der Waals surface area contributed by atoms with Crippen LogP contribution in [0.1, 0.15) is 0 Å². The van der Waals surface area contributed by atoms with Gasteiger partial charge in [0.05, 0.1) is 12.3 Å². The third kappa shape index (κ3) is 3.14. The van der Waals surface area contributed by atoms with Crippen LogP contribution in [0.4, 0.5) is 10.1 Å². The van der Waals surface area contributed by atoms with E-state index in [1.807, 2.05) is 0 Å². The highest BCUT2D eigenvalue weighted by atomic mass is 35.5. The summed E-state index contributed by atoms with van der Waals surface area (Å²) >= 11 is 5.68. The molecule has 0 saturated heterocycles. The van der Waals surface area contributed by atoms with E-state index in [0.29, 0.717) is 17.3 Å². The van der Waals surface area contributed by atoms with Crippen molar-refractivity contribution in [3.63, 3.8) is 0 Å². The van der Waals surface area contributed by atoms with Crippen molar-refractivity contribution in [1.29, 1.82) is 0 Å². The van der Waals surface area contributed by atoms with Crippen LogP contribution in [-0.4, -0.2) is 24.3 Å². The summed E-state index contributed by atoms with van der Waals surface area (Å²) in [4.78, 5) is 0. The van der Waals surface area contributed by atoms with E-state index in [-0.39, 0.29) is 12.4 Å². The van der Waals surface area contributed by atoms with Crippen molar-refractivity contribution in [3.05, 3.63) is 29.0 Å². The molecule has 1 atom stereocenters.